The summed E-state index contributed by atoms with van der Waals surface area (Å²) in [5, 5.41) is 2.65. The molecule has 0 unspecified atom stereocenters. The Morgan fingerprint density at radius 2 is 1.82 bits per heavy atom. The second-order valence-electron chi connectivity index (χ2n) is 4.13. The molecule has 0 aromatic heterocycles. The van der Waals surface area contributed by atoms with E-state index in [4.69, 9.17) is 4.74 Å². The zero-order valence-corrected chi connectivity index (χ0v) is 9.52. The molecule has 0 atom stereocenters. The number of para-hydroxylation sites is 1. The monoisotopic (exact) mass is 233 g/mol. The van der Waals surface area contributed by atoms with Gasteiger partial charge in [0, 0.05) is 18.5 Å². The molecule has 0 spiro atoms. The first-order valence-electron chi connectivity index (χ1n) is 5.78. The van der Waals surface area contributed by atoms with Crippen LogP contribution in [-0.4, -0.2) is 18.0 Å². The van der Waals surface area contributed by atoms with Gasteiger partial charge in [-0.05, 0) is 25.0 Å². The molecular formula is C13H15NO3. The van der Waals surface area contributed by atoms with E-state index in [1.165, 1.54) is 0 Å². The third-order valence-corrected chi connectivity index (χ3v) is 2.78. The molecule has 17 heavy (non-hydrogen) atoms. The number of amides is 1. The van der Waals surface area contributed by atoms with Crippen LogP contribution in [0, 0.1) is 0 Å². The fourth-order valence-corrected chi connectivity index (χ4v) is 1.85. The standard InChI is InChI=1S/C13H15NO3/c15-11-6-8-12(9-7-11)17-13(16)14-10-4-2-1-3-5-10/h1-5,12H,6-9H2,(H,14,16). The number of ether oxygens (including phenoxy) is 1. The van der Waals surface area contributed by atoms with Crippen molar-refractivity contribution in [2.24, 2.45) is 0 Å². The smallest absolute Gasteiger partial charge is 0.411 e. The van der Waals surface area contributed by atoms with E-state index in [0.29, 0.717) is 31.4 Å². The number of benzene rings is 1. The van der Waals surface area contributed by atoms with E-state index in [1.54, 1.807) is 12.1 Å². The first-order valence-corrected chi connectivity index (χ1v) is 5.78. The Balaban J connectivity index is 1.80. The van der Waals surface area contributed by atoms with E-state index in [2.05, 4.69) is 5.32 Å². The summed E-state index contributed by atoms with van der Waals surface area (Å²) in [6.07, 6.45) is 1.74. The van der Waals surface area contributed by atoms with E-state index in [-0.39, 0.29) is 11.9 Å². The molecule has 0 heterocycles. The lowest BCUT2D eigenvalue weighted by Gasteiger charge is -2.21. The van der Waals surface area contributed by atoms with Crippen molar-refractivity contribution in [2.45, 2.75) is 31.8 Å². The predicted octanol–water partition coefficient (Wildman–Crippen LogP) is 2.75. The number of carbonyl (C=O) groups is 2. The lowest BCUT2D eigenvalue weighted by atomic mass is 9.97. The largest absolute Gasteiger partial charge is 0.446 e. The van der Waals surface area contributed by atoms with Gasteiger partial charge in [-0.2, -0.15) is 0 Å². The second kappa shape index (κ2) is 5.48. The minimum absolute atomic E-state index is 0.128. The Morgan fingerprint density at radius 3 is 2.47 bits per heavy atom. The Labute approximate surface area is 100.0 Å². The van der Waals surface area contributed by atoms with Gasteiger partial charge in [-0.15, -0.1) is 0 Å². The van der Waals surface area contributed by atoms with Crippen molar-refractivity contribution in [3.8, 4) is 0 Å². The van der Waals surface area contributed by atoms with Gasteiger partial charge in [-0.1, -0.05) is 18.2 Å². The molecule has 1 N–H and O–H groups in total. The number of anilines is 1. The highest BCUT2D eigenvalue weighted by molar-refractivity contribution is 5.85. The van der Waals surface area contributed by atoms with Crippen LogP contribution in [0.15, 0.2) is 30.3 Å². The summed E-state index contributed by atoms with van der Waals surface area (Å²) in [5.74, 6) is 0.258. The van der Waals surface area contributed by atoms with E-state index in [1.807, 2.05) is 18.2 Å². The summed E-state index contributed by atoms with van der Waals surface area (Å²) in [6.45, 7) is 0. The molecule has 1 saturated carbocycles. The van der Waals surface area contributed by atoms with Crippen molar-refractivity contribution >= 4 is 17.6 Å². The molecule has 0 radical (unpaired) electrons. The number of hydrogen-bond donors (Lipinski definition) is 1. The Bertz CT molecular complexity index is 392. The Hall–Kier alpha value is -1.84. The molecule has 0 aliphatic heterocycles. The van der Waals surface area contributed by atoms with Gasteiger partial charge in [-0.3, -0.25) is 10.1 Å². The highest BCUT2D eigenvalue weighted by atomic mass is 16.6. The molecule has 1 aliphatic carbocycles. The average Bonchev–Trinajstić information content (AvgIpc) is 2.33. The van der Waals surface area contributed by atoms with Crippen LogP contribution >= 0.6 is 0 Å². The Kier molecular flexibility index (Phi) is 3.75. The maximum atomic E-state index is 11.5. The van der Waals surface area contributed by atoms with Crippen molar-refractivity contribution in [3.05, 3.63) is 30.3 Å². The lowest BCUT2D eigenvalue weighted by molar-refractivity contribution is -0.122. The zero-order valence-electron chi connectivity index (χ0n) is 9.52. The number of carbonyl (C=O) groups excluding carboxylic acids is 2. The highest BCUT2D eigenvalue weighted by Crippen LogP contribution is 2.18. The van der Waals surface area contributed by atoms with Crippen LogP contribution < -0.4 is 5.32 Å². The van der Waals surface area contributed by atoms with Gasteiger partial charge in [0.15, 0.2) is 0 Å². The minimum atomic E-state index is -0.449. The van der Waals surface area contributed by atoms with Gasteiger partial charge in [0.1, 0.15) is 11.9 Å². The number of Topliss-reactive ketones (excluding diaryl/α,β-unsaturated/α-hetero) is 1. The quantitative estimate of drug-likeness (QED) is 0.854. The fourth-order valence-electron chi connectivity index (χ4n) is 1.85. The molecule has 0 saturated heterocycles. The molecule has 1 aromatic rings. The second-order valence-corrected chi connectivity index (χ2v) is 4.13. The SMILES string of the molecule is O=C1CCC(OC(=O)Nc2ccccc2)CC1. The molecule has 2 rings (SSSR count). The minimum Gasteiger partial charge on any atom is -0.446 e. The number of ketones is 1. The summed E-state index contributed by atoms with van der Waals surface area (Å²) in [7, 11) is 0. The maximum Gasteiger partial charge on any atom is 0.411 e. The number of hydrogen-bond acceptors (Lipinski definition) is 3. The van der Waals surface area contributed by atoms with Crippen molar-refractivity contribution in [1.29, 1.82) is 0 Å². The fraction of sp³-hybridized carbons (Fsp3) is 0.385. The summed E-state index contributed by atoms with van der Waals surface area (Å²) in [5.41, 5.74) is 0.712. The zero-order chi connectivity index (χ0) is 12.1. The van der Waals surface area contributed by atoms with Crippen molar-refractivity contribution in [1.82, 2.24) is 0 Å². The van der Waals surface area contributed by atoms with Crippen LogP contribution in [-0.2, 0) is 9.53 Å². The molecular weight excluding hydrogens is 218 g/mol. The molecule has 1 fully saturated rings. The number of rotatable bonds is 2. The molecule has 4 heteroatoms. The molecule has 1 amide bonds. The summed E-state index contributed by atoms with van der Waals surface area (Å²) in [4.78, 5) is 22.6. The van der Waals surface area contributed by atoms with Crippen LogP contribution in [0.5, 0.6) is 0 Å². The van der Waals surface area contributed by atoms with E-state index >= 15 is 0 Å². The molecule has 0 bridgehead atoms. The van der Waals surface area contributed by atoms with Crippen LogP contribution in [0.1, 0.15) is 25.7 Å². The molecule has 1 aromatic carbocycles. The lowest BCUT2D eigenvalue weighted by Crippen LogP contribution is -2.26. The summed E-state index contributed by atoms with van der Waals surface area (Å²) >= 11 is 0. The van der Waals surface area contributed by atoms with E-state index in [0.717, 1.165) is 0 Å². The summed E-state index contributed by atoms with van der Waals surface area (Å²) in [6, 6.07) is 9.16. The van der Waals surface area contributed by atoms with Crippen LogP contribution in [0.3, 0.4) is 0 Å². The first-order chi connectivity index (χ1) is 8.24. The van der Waals surface area contributed by atoms with Gasteiger partial charge in [0.05, 0.1) is 0 Å². The van der Waals surface area contributed by atoms with Crippen molar-refractivity contribution in [3.63, 3.8) is 0 Å². The predicted molar refractivity (Wildman–Crippen MR) is 63.8 cm³/mol. The Morgan fingerprint density at radius 1 is 1.18 bits per heavy atom. The number of nitrogens with one attached hydrogen (secondary N) is 1. The van der Waals surface area contributed by atoms with Crippen molar-refractivity contribution < 1.29 is 14.3 Å². The average molecular weight is 233 g/mol. The van der Waals surface area contributed by atoms with Crippen LogP contribution in [0.2, 0.25) is 0 Å². The van der Waals surface area contributed by atoms with Gasteiger partial charge in [-0.25, -0.2) is 4.79 Å². The van der Waals surface area contributed by atoms with Gasteiger partial charge < -0.3 is 4.74 Å². The van der Waals surface area contributed by atoms with E-state index in [9.17, 15) is 9.59 Å². The summed E-state index contributed by atoms with van der Waals surface area (Å²) < 4.78 is 5.24. The van der Waals surface area contributed by atoms with E-state index < -0.39 is 6.09 Å². The van der Waals surface area contributed by atoms with Gasteiger partial charge >= 0.3 is 6.09 Å². The normalized spacial score (nSPS) is 16.6. The maximum absolute atomic E-state index is 11.5. The first kappa shape index (κ1) is 11.6. The van der Waals surface area contributed by atoms with Crippen LogP contribution in [0.25, 0.3) is 0 Å². The van der Waals surface area contributed by atoms with Gasteiger partial charge in [0.2, 0.25) is 0 Å². The third kappa shape index (κ3) is 3.59. The van der Waals surface area contributed by atoms with Crippen LogP contribution in [0.4, 0.5) is 10.5 Å². The van der Waals surface area contributed by atoms with Gasteiger partial charge in [0.25, 0.3) is 0 Å². The molecule has 1 aliphatic rings. The third-order valence-electron chi connectivity index (χ3n) is 2.78. The molecule has 90 valence electrons. The topological polar surface area (TPSA) is 55.4 Å². The van der Waals surface area contributed by atoms with Crippen molar-refractivity contribution in [2.75, 3.05) is 5.32 Å². The molecule has 4 nitrogen and oxygen atoms in total. The highest BCUT2D eigenvalue weighted by Gasteiger charge is 2.21.